The number of halogens is 1. The molecule has 2 aromatic rings. The third-order valence-corrected chi connectivity index (χ3v) is 5.16. The van der Waals surface area contributed by atoms with Gasteiger partial charge in [-0.1, -0.05) is 41.4 Å². The zero-order chi connectivity index (χ0) is 20.8. The van der Waals surface area contributed by atoms with Crippen LogP contribution in [0.2, 0.25) is 5.02 Å². The SMILES string of the molecule is COc1ccc(Cl)cc1C(=O)OCC(=O)N1CCN(Cc2cccc(C)c2)CC1. The lowest BCUT2D eigenvalue weighted by Gasteiger charge is -2.34. The fourth-order valence-electron chi connectivity index (χ4n) is 3.36. The van der Waals surface area contributed by atoms with Gasteiger partial charge in [-0.05, 0) is 30.7 Å². The van der Waals surface area contributed by atoms with Crippen LogP contribution in [-0.4, -0.2) is 61.6 Å². The van der Waals surface area contributed by atoms with E-state index in [1.165, 1.54) is 24.3 Å². The van der Waals surface area contributed by atoms with Crippen LogP contribution in [0, 0.1) is 6.92 Å². The highest BCUT2D eigenvalue weighted by Crippen LogP contribution is 2.23. The molecule has 1 heterocycles. The third kappa shape index (κ3) is 5.71. The van der Waals surface area contributed by atoms with E-state index in [0.717, 1.165) is 19.6 Å². The minimum Gasteiger partial charge on any atom is -0.496 e. The molecule has 0 spiro atoms. The van der Waals surface area contributed by atoms with Crippen LogP contribution in [0.1, 0.15) is 21.5 Å². The predicted molar refractivity (Wildman–Crippen MR) is 111 cm³/mol. The number of piperazine rings is 1. The van der Waals surface area contributed by atoms with Gasteiger partial charge in [-0.2, -0.15) is 0 Å². The summed E-state index contributed by atoms with van der Waals surface area (Å²) in [4.78, 5) is 28.8. The van der Waals surface area contributed by atoms with Crippen molar-refractivity contribution in [1.29, 1.82) is 0 Å². The Bertz CT molecular complexity index is 879. The number of benzene rings is 2. The molecule has 0 bridgehead atoms. The highest BCUT2D eigenvalue weighted by Gasteiger charge is 2.23. The number of methoxy groups -OCH3 is 1. The smallest absolute Gasteiger partial charge is 0.342 e. The normalized spacial score (nSPS) is 14.5. The number of nitrogens with zero attached hydrogens (tertiary/aromatic N) is 2. The fraction of sp³-hybridized carbons (Fsp3) is 0.364. The molecule has 0 saturated carbocycles. The minimum absolute atomic E-state index is 0.199. The molecule has 0 N–H and O–H groups in total. The van der Waals surface area contributed by atoms with Crippen LogP contribution in [0.4, 0.5) is 0 Å². The number of rotatable bonds is 6. The standard InChI is InChI=1S/C22H25ClN2O4/c1-16-4-3-5-17(12-16)14-24-8-10-25(11-9-24)21(26)15-29-22(27)19-13-18(23)6-7-20(19)28-2/h3-7,12-13H,8-11,14-15H2,1-2H3. The topological polar surface area (TPSA) is 59.1 Å². The van der Waals surface area contributed by atoms with E-state index in [-0.39, 0.29) is 18.1 Å². The Morgan fingerprint density at radius 3 is 2.52 bits per heavy atom. The van der Waals surface area contributed by atoms with Crippen LogP contribution in [-0.2, 0) is 16.1 Å². The van der Waals surface area contributed by atoms with E-state index in [0.29, 0.717) is 23.9 Å². The molecule has 2 aromatic carbocycles. The average molecular weight is 417 g/mol. The van der Waals surface area contributed by atoms with Crippen molar-refractivity contribution in [2.24, 2.45) is 0 Å². The molecule has 1 saturated heterocycles. The molecule has 1 amide bonds. The lowest BCUT2D eigenvalue weighted by molar-refractivity contribution is -0.136. The largest absolute Gasteiger partial charge is 0.496 e. The average Bonchev–Trinajstić information content (AvgIpc) is 2.72. The molecule has 29 heavy (non-hydrogen) atoms. The first-order valence-corrected chi connectivity index (χ1v) is 9.90. The van der Waals surface area contributed by atoms with Crippen molar-refractivity contribution in [3.05, 3.63) is 64.2 Å². The molecular formula is C22H25ClN2O4. The van der Waals surface area contributed by atoms with Gasteiger partial charge < -0.3 is 14.4 Å². The van der Waals surface area contributed by atoms with E-state index in [1.54, 1.807) is 17.0 Å². The minimum atomic E-state index is -0.629. The molecule has 1 aliphatic heterocycles. The van der Waals surface area contributed by atoms with Gasteiger partial charge in [0.05, 0.1) is 7.11 Å². The van der Waals surface area contributed by atoms with E-state index in [9.17, 15) is 9.59 Å². The molecule has 1 fully saturated rings. The molecular weight excluding hydrogens is 392 g/mol. The van der Waals surface area contributed by atoms with Crippen molar-refractivity contribution in [2.75, 3.05) is 39.9 Å². The van der Waals surface area contributed by atoms with E-state index >= 15 is 0 Å². The van der Waals surface area contributed by atoms with Crippen molar-refractivity contribution >= 4 is 23.5 Å². The molecule has 154 valence electrons. The van der Waals surface area contributed by atoms with Crippen LogP contribution in [0.15, 0.2) is 42.5 Å². The van der Waals surface area contributed by atoms with E-state index in [2.05, 4.69) is 36.1 Å². The van der Waals surface area contributed by atoms with Gasteiger partial charge in [-0.25, -0.2) is 4.79 Å². The highest BCUT2D eigenvalue weighted by atomic mass is 35.5. The van der Waals surface area contributed by atoms with Crippen LogP contribution in [0.3, 0.4) is 0 Å². The Balaban J connectivity index is 1.47. The quantitative estimate of drug-likeness (QED) is 0.677. The number of hydrogen-bond acceptors (Lipinski definition) is 5. The fourth-order valence-corrected chi connectivity index (χ4v) is 3.53. The van der Waals surface area contributed by atoms with Crippen molar-refractivity contribution < 1.29 is 19.1 Å². The number of esters is 1. The third-order valence-electron chi connectivity index (χ3n) is 4.92. The van der Waals surface area contributed by atoms with Crippen molar-refractivity contribution in [3.8, 4) is 5.75 Å². The van der Waals surface area contributed by atoms with Crippen LogP contribution in [0.5, 0.6) is 5.75 Å². The Morgan fingerprint density at radius 1 is 1.07 bits per heavy atom. The summed E-state index contributed by atoms with van der Waals surface area (Å²) >= 11 is 5.94. The number of ether oxygens (including phenoxy) is 2. The summed E-state index contributed by atoms with van der Waals surface area (Å²) in [6.45, 7) is 5.46. The maximum absolute atomic E-state index is 12.4. The van der Waals surface area contributed by atoms with Gasteiger partial charge in [0.15, 0.2) is 6.61 Å². The summed E-state index contributed by atoms with van der Waals surface area (Å²) in [5, 5.41) is 0.397. The number of hydrogen-bond donors (Lipinski definition) is 0. The van der Waals surface area contributed by atoms with Gasteiger partial charge in [0, 0.05) is 37.7 Å². The van der Waals surface area contributed by atoms with Gasteiger partial charge in [0.1, 0.15) is 11.3 Å². The second-order valence-corrected chi connectivity index (χ2v) is 7.50. The maximum atomic E-state index is 12.4. The highest BCUT2D eigenvalue weighted by molar-refractivity contribution is 6.31. The second kappa shape index (κ2) is 9.76. The molecule has 1 aliphatic rings. The van der Waals surface area contributed by atoms with Crippen LogP contribution >= 0.6 is 11.6 Å². The van der Waals surface area contributed by atoms with Gasteiger partial charge in [0.25, 0.3) is 5.91 Å². The molecule has 0 aromatic heterocycles. The lowest BCUT2D eigenvalue weighted by Crippen LogP contribution is -2.49. The summed E-state index contributed by atoms with van der Waals surface area (Å²) in [7, 11) is 1.46. The number of aryl methyl sites for hydroxylation is 1. The molecule has 6 nitrogen and oxygen atoms in total. The number of carbonyl (C=O) groups excluding carboxylic acids is 2. The molecule has 0 atom stereocenters. The zero-order valence-corrected chi connectivity index (χ0v) is 17.4. The van der Waals surface area contributed by atoms with Gasteiger partial charge >= 0.3 is 5.97 Å². The van der Waals surface area contributed by atoms with E-state index < -0.39 is 5.97 Å². The molecule has 0 unspecified atom stereocenters. The Labute approximate surface area is 176 Å². The predicted octanol–water partition coefficient (Wildman–Crippen LogP) is 3.16. The van der Waals surface area contributed by atoms with Crippen molar-refractivity contribution in [1.82, 2.24) is 9.80 Å². The number of carbonyl (C=O) groups is 2. The second-order valence-electron chi connectivity index (χ2n) is 7.07. The van der Waals surface area contributed by atoms with E-state index in [4.69, 9.17) is 21.1 Å². The Hall–Kier alpha value is -2.57. The van der Waals surface area contributed by atoms with Crippen molar-refractivity contribution in [3.63, 3.8) is 0 Å². The van der Waals surface area contributed by atoms with Gasteiger partial charge in [-0.3, -0.25) is 9.69 Å². The lowest BCUT2D eigenvalue weighted by atomic mass is 10.1. The first-order chi connectivity index (χ1) is 14.0. The maximum Gasteiger partial charge on any atom is 0.342 e. The Morgan fingerprint density at radius 2 is 1.83 bits per heavy atom. The van der Waals surface area contributed by atoms with Gasteiger partial charge in [0.2, 0.25) is 0 Å². The first-order valence-electron chi connectivity index (χ1n) is 9.52. The zero-order valence-electron chi connectivity index (χ0n) is 16.7. The molecule has 3 rings (SSSR count). The molecule has 7 heteroatoms. The summed E-state index contributed by atoms with van der Waals surface area (Å²) < 4.78 is 10.3. The van der Waals surface area contributed by atoms with Crippen molar-refractivity contribution in [2.45, 2.75) is 13.5 Å². The number of amides is 1. The van der Waals surface area contributed by atoms with Gasteiger partial charge in [-0.15, -0.1) is 0 Å². The van der Waals surface area contributed by atoms with Crippen LogP contribution in [0.25, 0.3) is 0 Å². The molecule has 0 aliphatic carbocycles. The summed E-state index contributed by atoms with van der Waals surface area (Å²) in [5.74, 6) is -0.470. The monoisotopic (exact) mass is 416 g/mol. The summed E-state index contributed by atoms with van der Waals surface area (Å²) in [6, 6.07) is 13.1. The Kier molecular flexibility index (Phi) is 7.12. The summed E-state index contributed by atoms with van der Waals surface area (Å²) in [6.07, 6.45) is 0. The first kappa shape index (κ1) is 21.1. The molecule has 0 radical (unpaired) electrons. The van der Waals surface area contributed by atoms with Crippen LogP contribution < -0.4 is 4.74 Å². The summed E-state index contributed by atoms with van der Waals surface area (Å²) in [5.41, 5.74) is 2.72. The van der Waals surface area contributed by atoms with E-state index in [1.807, 2.05) is 0 Å².